The molecule has 0 aliphatic heterocycles. The maximum absolute atomic E-state index is 12.5. The minimum Gasteiger partial charge on any atom is -0.330 e. The van der Waals surface area contributed by atoms with Crippen LogP contribution in [0.3, 0.4) is 0 Å². The van der Waals surface area contributed by atoms with Crippen LogP contribution in [0, 0.1) is 0 Å². The van der Waals surface area contributed by atoms with Gasteiger partial charge in [-0.25, -0.2) is 0 Å². The third kappa shape index (κ3) is 3.83. The zero-order valence-electron chi connectivity index (χ0n) is 11.4. The largest absolute Gasteiger partial charge is 0.416 e. The number of hydrogen-bond donors (Lipinski definition) is 2. The van der Waals surface area contributed by atoms with Gasteiger partial charge in [0, 0.05) is 6.04 Å². The standard InChI is InChI=1S/C16H17F3N2/c17-16(18,19)14-7-5-12(6-8-14)11-1-3-13(4-2-11)15(21)9-10-20/h1-8,15H,9-10,20-21H2/t15-/m1/s1. The van der Waals surface area contributed by atoms with E-state index >= 15 is 0 Å². The van der Waals surface area contributed by atoms with Crippen LogP contribution < -0.4 is 11.5 Å². The van der Waals surface area contributed by atoms with Crippen LogP contribution in [-0.4, -0.2) is 6.54 Å². The van der Waals surface area contributed by atoms with Crippen LogP contribution in [0.5, 0.6) is 0 Å². The summed E-state index contributed by atoms with van der Waals surface area (Å²) < 4.78 is 37.5. The van der Waals surface area contributed by atoms with E-state index in [0.29, 0.717) is 13.0 Å². The first-order valence-electron chi connectivity index (χ1n) is 6.65. The molecule has 0 radical (unpaired) electrons. The molecule has 5 heteroatoms. The molecule has 1 atom stereocenters. The fourth-order valence-electron chi connectivity index (χ4n) is 2.12. The van der Waals surface area contributed by atoms with E-state index in [4.69, 9.17) is 11.5 Å². The molecule has 4 N–H and O–H groups in total. The van der Waals surface area contributed by atoms with Gasteiger partial charge in [0.15, 0.2) is 0 Å². The summed E-state index contributed by atoms with van der Waals surface area (Å²) >= 11 is 0. The van der Waals surface area contributed by atoms with Gasteiger partial charge < -0.3 is 11.5 Å². The maximum atomic E-state index is 12.5. The first-order valence-corrected chi connectivity index (χ1v) is 6.65. The lowest BCUT2D eigenvalue weighted by atomic mass is 9.99. The van der Waals surface area contributed by atoms with E-state index in [1.807, 2.05) is 24.3 Å². The van der Waals surface area contributed by atoms with E-state index in [0.717, 1.165) is 28.8 Å². The van der Waals surface area contributed by atoms with E-state index in [9.17, 15) is 13.2 Å². The second-order valence-electron chi connectivity index (χ2n) is 4.88. The highest BCUT2D eigenvalue weighted by atomic mass is 19.4. The van der Waals surface area contributed by atoms with Gasteiger partial charge in [-0.15, -0.1) is 0 Å². The Morgan fingerprint density at radius 3 is 1.76 bits per heavy atom. The lowest BCUT2D eigenvalue weighted by Gasteiger charge is -2.12. The summed E-state index contributed by atoms with van der Waals surface area (Å²) in [6, 6.07) is 12.5. The number of nitrogens with two attached hydrogens (primary N) is 2. The molecule has 0 bridgehead atoms. The van der Waals surface area contributed by atoms with E-state index < -0.39 is 11.7 Å². The average molecular weight is 294 g/mol. The third-order valence-electron chi connectivity index (χ3n) is 3.36. The van der Waals surface area contributed by atoms with Gasteiger partial charge in [-0.1, -0.05) is 36.4 Å². The monoisotopic (exact) mass is 294 g/mol. The SMILES string of the molecule is NCC[C@@H](N)c1ccc(-c2ccc(C(F)(F)F)cc2)cc1. The molecule has 0 aliphatic rings. The van der Waals surface area contributed by atoms with Gasteiger partial charge in [-0.05, 0) is 41.8 Å². The predicted molar refractivity (Wildman–Crippen MR) is 77.5 cm³/mol. The fraction of sp³-hybridized carbons (Fsp3) is 0.250. The summed E-state index contributed by atoms with van der Waals surface area (Å²) in [7, 11) is 0. The van der Waals surface area contributed by atoms with Crippen molar-refractivity contribution in [1.29, 1.82) is 0 Å². The smallest absolute Gasteiger partial charge is 0.330 e. The summed E-state index contributed by atoms with van der Waals surface area (Å²) in [5, 5.41) is 0. The minimum atomic E-state index is -4.31. The van der Waals surface area contributed by atoms with Crippen LogP contribution in [-0.2, 0) is 6.18 Å². The van der Waals surface area contributed by atoms with Gasteiger partial charge >= 0.3 is 6.18 Å². The molecule has 21 heavy (non-hydrogen) atoms. The first kappa shape index (κ1) is 15.5. The zero-order chi connectivity index (χ0) is 15.5. The van der Waals surface area contributed by atoms with Crippen molar-refractivity contribution in [3.63, 3.8) is 0 Å². The molecule has 0 saturated heterocycles. The Bertz CT molecular complexity index is 574. The molecule has 2 aromatic carbocycles. The van der Waals surface area contributed by atoms with Crippen molar-refractivity contribution in [2.75, 3.05) is 6.54 Å². The van der Waals surface area contributed by atoms with Crippen molar-refractivity contribution in [3.8, 4) is 11.1 Å². The van der Waals surface area contributed by atoms with E-state index in [1.165, 1.54) is 12.1 Å². The number of hydrogen-bond acceptors (Lipinski definition) is 2. The van der Waals surface area contributed by atoms with Crippen LogP contribution in [0.4, 0.5) is 13.2 Å². The van der Waals surface area contributed by atoms with Crippen molar-refractivity contribution in [2.45, 2.75) is 18.6 Å². The highest BCUT2D eigenvalue weighted by Crippen LogP contribution is 2.31. The van der Waals surface area contributed by atoms with Crippen LogP contribution in [0.2, 0.25) is 0 Å². The van der Waals surface area contributed by atoms with Crippen LogP contribution in [0.15, 0.2) is 48.5 Å². The summed E-state index contributed by atoms with van der Waals surface area (Å²) in [5.41, 5.74) is 13.3. The molecule has 112 valence electrons. The molecule has 0 fully saturated rings. The Morgan fingerprint density at radius 1 is 0.857 bits per heavy atom. The molecule has 2 aromatic rings. The number of alkyl halides is 3. The summed E-state index contributed by atoms with van der Waals surface area (Å²) in [5.74, 6) is 0. The average Bonchev–Trinajstić information content (AvgIpc) is 2.47. The second kappa shape index (κ2) is 6.28. The maximum Gasteiger partial charge on any atom is 0.416 e. The van der Waals surface area contributed by atoms with Gasteiger partial charge in [0.2, 0.25) is 0 Å². The van der Waals surface area contributed by atoms with Crippen molar-refractivity contribution in [1.82, 2.24) is 0 Å². The molecule has 0 spiro atoms. The van der Waals surface area contributed by atoms with Gasteiger partial charge in [0.05, 0.1) is 5.56 Å². The predicted octanol–water partition coefficient (Wildman–Crippen LogP) is 3.72. The van der Waals surface area contributed by atoms with Crippen LogP contribution in [0.25, 0.3) is 11.1 Å². The molecule has 0 aromatic heterocycles. The van der Waals surface area contributed by atoms with Gasteiger partial charge in [-0.3, -0.25) is 0 Å². The normalized spacial score (nSPS) is 13.2. The molecular weight excluding hydrogens is 277 g/mol. The quantitative estimate of drug-likeness (QED) is 0.903. The second-order valence-corrected chi connectivity index (χ2v) is 4.88. The summed E-state index contributed by atoms with van der Waals surface area (Å²) in [6.45, 7) is 0.516. The fourth-order valence-corrected chi connectivity index (χ4v) is 2.12. The Labute approximate surface area is 121 Å². The molecule has 0 amide bonds. The summed E-state index contributed by atoms with van der Waals surface area (Å²) in [4.78, 5) is 0. The molecule has 2 nitrogen and oxygen atoms in total. The number of benzene rings is 2. The van der Waals surface area contributed by atoms with Gasteiger partial charge in [0.25, 0.3) is 0 Å². The van der Waals surface area contributed by atoms with Crippen molar-refractivity contribution in [2.24, 2.45) is 11.5 Å². The Balaban J connectivity index is 2.19. The Hall–Kier alpha value is -1.85. The highest BCUT2D eigenvalue weighted by molar-refractivity contribution is 5.64. The van der Waals surface area contributed by atoms with Gasteiger partial charge in [0.1, 0.15) is 0 Å². The number of rotatable bonds is 4. The van der Waals surface area contributed by atoms with Crippen molar-refractivity contribution in [3.05, 3.63) is 59.7 Å². The van der Waals surface area contributed by atoms with E-state index in [-0.39, 0.29) is 6.04 Å². The van der Waals surface area contributed by atoms with Crippen molar-refractivity contribution < 1.29 is 13.2 Å². The minimum absolute atomic E-state index is 0.114. The topological polar surface area (TPSA) is 52.0 Å². The zero-order valence-corrected chi connectivity index (χ0v) is 11.4. The molecular formula is C16H17F3N2. The van der Waals surface area contributed by atoms with E-state index in [2.05, 4.69) is 0 Å². The van der Waals surface area contributed by atoms with Crippen LogP contribution in [0.1, 0.15) is 23.6 Å². The molecule has 2 rings (SSSR count). The lowest BCUT2D eigenvalue weighted by molar-refractivity contribution is -0.137. The molecule has 0 aliphatic carbocycles. The lowest BCUT2D eigenvalue weighted by Crippen LogP contribution is -2.15. The summed E-state index contributed by atoms with van der Waals surface area (Å²) in [6.07, 6.45) is -3.61. The number of halogens is 3. The molecule has 0 saturated carbocycles. The van der Waals surface area contributed by atoms with Gasteiger partial charge in [-0.2, -0.15) is 13.2 Å². The van der Waals surface area contributed by atoms with E-state index in [1.54, 1.807) is 0 Å². The molecule has 0 unspecified atom stereocenters. The third-order valence-corrected chi connectivity index (χ3v) is 3.36. The first-order chi connectivity index (χ1) is 9.91. The Morgan fingerprint density at radius 2 is 1.33 bits per heavy atom. The highest BCUT2D eigenvalue weighted by Gasteiger charge is 2.29. The van der Waals surface area contributed by atoms with Crippen molar-refractivity contribution >= 4 is 0 Å². The molecule has 0 heterocycles. The Kier molecular flexibility index (Phi) is 4.65. The van der Waals surface area contributed by atoms with Crippen LogP contribution >= 0.6 is 0 Å².